The van der Waals surface area contributed by atoms with Gasteiger partial charge in [0.15, 0.2) is 0 Å². The predicted molar refractivity (Wildman–Crippen MR) is 73.3 cm³/mol. The van der Waals surface area contributed by atoms with Gasteiger partial charge in [0, 0.05) is 5.69 Å². The number of nitrogens with one attached hydrogen (secondary N) is 2. The molecule has 1 heterocycles. The molecule has 3 rings (SSSR count). The maximum Gasteiger partial charge on any atom is 0.255 e. The smallest absolute Gasteiger partial charge is 0.255 e. The zero-order chi connectivity index (χ0) is 13.2. The third-order valence-electron chi connectivity index (χ3n) is 3.17. The van der Waals surface area contributed by atoms with Crippen molar-refractivity contribution in [3.05, 3.63) is 59.7 Å². The van der Waals surface area contributed by atoms with Crippen molar-refractivity contribution in [1.82, 2.24) is 5.32 Å². The summed E-state index contributed by atoms with van der Waals surface area (Å²) in [5.74, 6) is 0.703. The van der Waals surface area contributed by atoms with Crippen LogP contribution < -0.4 is 15.4 Å². The first kappa shape index (κ1) is 11.6. The van der Waals surface area contributed by atoms with Crippen LogP contribution >= 0.6 is 0 Å². The van der Waals surface area contributed by atoms with E-state index in [9.17, 15) is 4.79 Å². The maximum atomic E-state index is 12.0. The lowest BCUT2D eigenvalue weighted by molar-refractivity contribution is 0.0935. The fourth-order valence-electron chi connectivity index (χ4n) is 2.20. The average molecular weight is 254 g/mol. The van der Waals surface area contributed by atoms with E-state index < -0.39 is 0 Å². The largest absolute Gasteiger partial charge is 0.497 e. The van der Waals surface area contributed by atoms with Gasteiger partial charge in [0.2, 0.25) is 0 Å². The van der Waals surface area contributed by atoms with Crippen LogP contribution in [0.15, 0.2) is 48.5 Å². The fraction of sp³-hybridized carbons (Fsp3) is 0.133. The number of carbonyl (C=O) groups excluding carboxylic acids is 1. The SMILES string of the molecule is COc1cccc(C2NC(=O)c3ccccc3N2)c1. The summed E-state index contributed by atoms with van der Waals surface area (Å²) in [5, 5.41) is 6.24. The number of fused-ring (bicyclic) bond motifs is 1. The molecule has 0 bridgehead atoms. The molecule has 4 heteroatoms. The Labute approximate surface area is 111 Å². The van der Waals surface area contributed by atoms with Gasteiger partial charge in [-0.15, -0.1) is 0 Å². The molecule has 2 aromatic carbocycles. The highest BCUT2D eigenvalue weighted by Crippen LogP contribution is 2.27. The zero-order valence-electron chi connectivity index (χ0n) is 10.5. The Bertz CT molecular complexity index is 625. The molecular weight excluding hydrogens is 240 g/mol. The summed E-state index contributed by atoms with van der Waals surface area (Å²) in [6.07, 6.45) is -0.238. The van der Waals surface area contributed by atoms with Crippen molar-refractivity contribution in [1.29, 1.82) is 0 Å². The van der Waals surface area contributed by atoms with E-state index in [1.54, 1.807) is 13.2 Å². The first-order valence-electron chi connectivity index (χ1n) is 6.08. The average Bonchev–Trinajstić information content (AvgIpc) is 2.47. The normalized spacial score (nSPS) is 17.1. The van der Waals surface area contributed by atoms with Crippen molar-refractivity contribution < 1.29 is 9.53 Å². The van der Waals surface area contributed by atoms with Crippen LogP contribution in [-0.2, 0) is 0 Å². The van der Waals surface area contributed by atoms with Gasteiger partial charge in [-0.05, 0) is 29.8 Å². The first-order chi connectivity index (χ1) is 9.28. The minimum absolute atomic E-state index is 0.0674. The molecule has 1 atom stereocenters. The second kappa shape index (κ2) is 4.65. The summed E-state index contributed by atoms with van der Waals surface area (Å²) in [6, 6.07) is 15.1. The van der Waals surface area contributed by atoms with Crippen LogP contribution in [0.5, 0.6) is 5.75 Å². The molecule has 1 unspecified atom stereocenters. The molecule has 0 saturated carbocycles. The number of para-hydroxylation sites is 1. The van der Waals surface area contributed by atoms with Crippen molar-refractivity contribution >= 4 is 11.6 Å². The number of benzene rings is 2. The zero-order valence-corrected chi connectivity index (χ0v) is 10.5. The highest BCUT2D eigenvalue weighted by Gasteiger charge is 2.24. The summed E-state index contributed by atoms with van der Waals surface area (Å²) in [5.41, 5.74) is 2.47. The highest BCUT2D eigenvalue weighted by atomic mass is 16.5. The number of hydrogen-bond donors (Lipinski definition) is 2. The Morgan fingerprint density at radius 3 is 2.74 bits per heavy atom. The molecule has 1 amide bonds. The summed E-state index contributed by atoms with van der Waals surface area (Å²) in [7, 11) is 1.63. The second-order valence-electron chi connectivity index (χ2n) is 4.37. The van der Waals surface area contributed by atoms with E-state index in [0.29, 0.717) is 5.56 Å². The van der Waals surface area contributed by atoms with Gasteiger partial charge in [-0.2, -0.15) is 0 Å². The molecule has 0 fully saturated rings. The molecule has 96 valence electrons. The summed E-state index contributed by atoms with van der Waals surface area (Å²) >= 11 is 0. The number of anilines is 1. The van der Waals surface area contributed by atoms with E-state index in [0.717, 1.165) is 17.0 Å². The van der Waals surface area contributed by atoms with Gasteiger partial charge in [0.1, 0.15) is 11.9 Å². The van der Waals surface area contributed by atoms with Gasteiger partial charge < -0.3 is 15.4 Å². The van der Waals surface area contributed by atoms with Gasteiger partial charge in [-0.25, -0.2) is 0 Å². The van der Waals surface area contributed by atoms with Crippen molar-refractivity contribution in [2.75, 3.05) is 12.4 Å². The van der Waals surface area contributed by atoms with Gasteiger partial charge in [-0.1, -0.05) is 24.3 Å². The highest BCUT2D eigenvalue weighted by molar-refractivity contribution is 6.01. The van der Waals surface area contributed by atoms with Crippen LogP contribution in [0.3, 0.4) is 0 Å². The van der Waals surface area contributed by atoms with Crippen LogP contribution in [0.25, 0.3) is 0 Å². The summed E-state index contributed by atoms with van der Waals surface area (Å²) in [6.45, 7) is 0. The maximum absolute atomic E-state index is 12.0. The molecule has 2 aromatic rings. The van der Waals surface area contributed by atoms with E-state index in [1.165, 1.54) is 0 Å². The molecule has 0 aliphatic carbocycles. The minimum atomic E-state index is -0.238. The van der Waals surface area contributed by atoms with Gasteiger partial charge in [0.05, 0.1) is 12.7 Å². The topological polar surface area (TPSA) is 50.4 Å². The van der Waals surface area contributed by atoms with E-state index in [4.69, 9.17) is 4.74 Å². The van der Waals surface area contributed by atoms with Gasteiger partial charge in [-0.3, -0.25) is 4.79 Å². The molecule has 1 aliphatic rings. The van der Waals surface area contributed by atoms with Crippen molar-refractivity contribution in [3.63, 3.8) is 0 Å². The van der Waals surface area contributed by atoms with Crippen molar-refractivity contribution in [2.24, 2.45) is 0 Å². The quantitative estimate of drug-likeness (QED) is 0.866. The second-order valence-corrected chi connectivity index (χ2v) is 4.37. The number of carbonyl (C=O) groups is 1. The predicted octanol–water partition coefficient (Wildman–Crippen LogP) is 2.55. The molecule has 19 heavy (non-hydrogen) atoms. The summed E-state index contributed by atoms with van der Waals surface area (Å²) < 4.78 is 5.20. The molecule has 0 aromatic heterocycles. The van der Waals surface area contributed by atoms with E-state index in [1.807, 2.05) is 42.5 Å². The van der Waals surface area contributed by atoms with Crippen LogP contribution in [0.4, 0.5) is 5.69 Å². The monoisotopic (exact) mass is 254 g/mol. The van der Waals surface area contributed by atoms with Gasteiger partial charge in [0.25, 0.3) is 5.91 Å². The number of amides is 1. The number of ether oxygens (including phenoxy) is 1. The molecular formula is C15H14N2O2. The standard InChI is InChI=1S/C15H14N2O2/c1-19-11-6-4-5-10(9-11)14-16-13-8-3-2-7-12(13)15(18)17-14/h2-9,14,16H,1H3,(H,17,18). The van der Waals surface area contributed by atoms with Crippen LogP contribution in [0, 0.1) is 0 Å². The van der Waals surface area contributed by atoms with Crippen LogP contribution in [0.1, 0.15) is 22.1 Å². The lowest BCUT2D eigenvalue weighted by Crippen LogP contribution is -2.38. The summed E-state index contributed by atoms with van der Waals surface area (Å²) in [4.78, 5) is 12.0. The van der Waals surface area contributed by atoms with Crippen molar-refractivity contribution in [2.45, 2.75) is 6.17 Å². The Morgan fingerprint density at radius 2 is 1.89 bits per heavy atom. The Kier molecular flexibility index (Phi) is 2.83. The van der Waals surface area contributed by atoms with Crippen LogP contribution in [0.2, 0.25) is 0 Å². The number of methoxy groups -OCH3 is 1. The third-order valence-corrected chi connectivity index (χ3v) is 3.17. The van der Waals surface area contributed by atoms with E-state index >= 15 is 0 Å². The third kappa shape index (κ3) is 2.12. The van der Waals surface area contributed by atoms with E-state index in [2.05, 4.69) is 10.6 Å². The molecule has 0 spiro atoms. The minimum Gasteiger partial charge on any atom is -0.497 e. The Hall–Kier alpha value is -2.49. The van der Waals surface area contributed by atoms with Gasteiger partial charge >= 0.3 is 0 Å². The van der Waals surface area contributed by atoms with Crippen LogP contribution in [-0.4, -0.2) is 13.0 Å². The van der Waals surface area contributed by atoms with Crippen molar-refractivity contribution in [3.8, 4) is 5.75 Å². The lowest BCUT2D eigenvalue weighted by atomic mass is 10.1. The number of hydrogen-bond acceptors (Lipinski definition) is 3. The molecule has 4 nitrogen and oxygen atoms in total. The molecule has 0 saturated heterocycles. The Morgan fingerprint density at radius 1 is 1.05 bits per heavy atom. The fourth-order valence-corrected chi connectivity index (χ4v) is 2.20. The first-order valence-corrected chi connectivity index (χ1v) is 6.08. The lowest BCUT2D eigenvalue weighted by Gasteiger charge is -2.28. The number of rotatable bonds is 2. The van der Waals surface area contributed by atoms with E-state index in [-0.39, 0.29) is 12.1 Å². The molecule has 0 radical (unpaired) electrons. The molecule has 2 N–H and O–H groups in total. The molecule has 1 aliphatic heterocycles. The Balaban J connectivity index is 1.94.